The highest BCUT2D eigenvalue weighted by atomic mass is 32.1. The summed E-state index contributed by atoms with van der Waals surface area (Å²) >= 11 is 1.79. The Morgan fingerprint density at radius 2 is 1.96 bits per heavy atom. The van der Waals surface area contributed by atoms with Crippen molar-refractivity contribution in [2.45, 2.75) is 32.9 Å². The quantitative estimate of drug-likeness (QED) is 0.589. The van der Waals surface area contributed by atoms with Gasteiger partial charge in [-0.05, 0) is 50.1 Å². The Morgan fingerprint density at radius 1 is 1.15 bits per heavy atom. The van der Waals surface area contributed by atoms with E-state index in [9.17, 15) is 4.79 Å². The van der Waals surface area contributed by atoms with Gasteiger partial charge in [0.2, 0.25) is 5.91 Å². The summed E-state index contributed by atoms with van der Waals surface area (Å²) in [6.07, 6.45) is 2.55. The fourth-order valence-electron chi connectivity index (χ4n) is 3.04. The molecule has 0 saturated carbocycles. The number of rotatable bonds is 9. The lowest BCUT2D eigenvalue weighted by molar-refractivity contribution is -0.123. The lowest BCUT2D eigenvalue weighted by Crippen LogP contribution is -2.38. The van der Waals surface area contributed by atoms with Crippen LogP contribution in [0.25, 0.3) is 0 Å². The number of furan rings is 1. The molecule has 27 heavy (non-hydrogen) atoms. The van der Waals surface area contributed by atoms with Crippen molar-refractivity contribution in [2.24, 2.45) is 0 Å². The van der Waals surface area contributed by atoms with Gasteiger partial charge in [0.15, 0.2) is 0 Å². The lowest BCUT2D eigenvalue weighted by atomic mass is 10.1. The fraction of sp³-hybridized carbons (Fsp3) is 0.318. The average Bonchev–Trinajstić information content (AvgIpc) is 3.32. The van der Waals surface area contributed by atoms with Crippen LogP contribution >= 0.6 is 11.3 Å². The lowest BCUT2D eigenvalue weighted by Gasteiger charge is -2.22. The third-order valence-corrected chi connectivity index (χ3v) is 5.44. The summed E-state index contributed by atoms with van der Waals surface area (Å²) < 4.78 is 5.38. The number of thiophene rings is 1. The molecule has 0 fully saturated rings. The van der Waals surface area contributed by atoms with Crippen LogP contribution in [0, 0.1) is 6.92 Å². The van der Waals surface area contributed by atoms with Gasteiger partial charge >= 0.3 is 0 Å². The highest BCUT2D eigenvalue weighted by Crippen LogP contribution is 2.18. The van der Waals surface area contributed by atoms with E-state index in [0.29, 0.717) is 6.54 Å². The molecule has 1 aromatic carbocycles. The maximum atomic E-state index is 12.6. The van der Waals surface area contributed by atoms with Gasteiger partial charge in [-0.2, -0.15) is 0 Å². The summed E-state index contributed by atoms with van der Waals surface area (Å²) in [4.78, 5) is 17.4. The van der Waals surface area contributed by atoms with Crippen LogP contribution in [0.3, 0.4) is 0 Å². The molecule has 3 aromatic rings. The second-order valence-corrected chi connectivity index (χ2v) is 8.14. The smallest absolute Gasteiger partial charge is 0.234 e. The Hall–Kier alpha value is -2.37. The molecule has 4 nitrogen and oxygen atoms in total. The molecular weight excluding hydrogens is 356 g/mol. The highest BCUT2D eigenvalue weighted by Gasteiger charge is 2.16. The number of hydrogen-bond donors (Lipinski definition) is 1. The number of carbonyl (C=O) groups excluding carboxylic acids is 1. The molecule has 1 unspecified atom stereocenters. The zero-order valence-electron chi connectivity index (χ0n) is 15.9. The van der Waals surface area contributed by atoms with Gasteiger partial charge in [-0.3, -0.25) is 9.69 Å². The first-order valence-electron chi connectivity index (χ1n) is 9.24. The first kappa shape index (κ1) is 19.4. The number of aryl methyl sites for hydroxylation is 1. The van der Waals surface area contributed by atoms with Crippen molar-refractivity contribution < 1.29 is 9.21 Å². The maximum Gasteiger partial charge on any atom is 0.234 e. The average molecular weight is 383 g/mol. The number of nitrogens with zero attached hydrogens (tertiary/aromatic N) is 1. The molecule has 2 aromatic heterocycles. The van der Waals surface area contributed by atoms with Gasteiger partial charge < -0.3 is 9.73 Å². The Balaban J connectivity index is 1.60. The fourth-order valence-corrected chi connectivity index (χ4v) is 3.97. The Bertz CT molecular complexity index is 827. The van der Waals surface area contributed by atoms with Gasteiger partial charge in [0.05, 0.1) is 18.8 Å². The van der Waals surface area contributed by atoms with E-state index in [2.05, 4.69) is 53.5 Å². The Morgan fingerprint density at radius 3 is 2.63 bits per heavy atom. The third-order valence-electron chi connectivity index (χ3n) is 4.45. The van der Waals surface area contributed by atoms with Crippen LogP contribution < -0.4 is 5.32 Å². The molecule has 0 saturated heterocycles. The van der Waals surface area contributed by atoms with Crippen LogP contribution in [0.5, 0.6) is 0 Å². The van der Waals surface area contributed by atoms with Gasteiger partial charge in [0.1, 0.15) is 5.76 Å². The molecule has 1 N–H and O–H groups in total. The summed E-state index contributed by atoms with van der Waals surface area (Å²) in [6, 6.07) is 18.3. The van der Waals surface area contributed by atoms with E-state index in [1.165, 1.54) is 15.3 Å². The molecule has 0 aliphatic heterocycles. The minimum Gasteiger partial charge on any atom is -0.467 e. The third kappa shape index (κ3) is 6.08. The van der Waals surface area contributed by atoms with Crippen LogP contribution in [-0.2, 0) is 17.8 Å². The van der Waals surface area contributed by atoms with Crippen molar-refractivity contribution >= 4 is 17.2 Å². The van der Waals surface area contributed by atoms with Crippen molar-refractivity contribution in [2.75, 3.05) is 13.1 Å². The Labute approximate surface area is 164 Å². The summed E-state index contributed by atoms with van der Waals surface area (Å²) in [5.41, 5.74) is 1.29. The van der Waals surface area contributed by atoms with Crippen LogP contribution in [0.4, 0.5) is 0 Å². The van der Waals surface area contributed by atoms with Gasteiger partial charge in [0.25, 0.3) is 0 Å². The van der Waals surface area contributed by atoms with Crippen LogP contribution in [0.15, 0.2) is 65.3 Å². The van der Waals surface area contributed by atoms with Crippen molar-refractivity contribution in [1.82, 2.24) is 10.2 Å². The summed E-state index contributed by atoms with van der Waals surface area (Å²) in [6.45, 7) is 6.04. The SMILES string of the molecule is Cc1ccc(CN(CCc2ccccc2)CC(=O)NC(C)c2ccco2)s1. The molecule has 0 radical (unpaired) electrons. The molecule has 0 bridgehead atoms. The number of carbonyl (C=O) groups is 1. The Kier molecular flexibility index (Phi) is 6.85. The molecule has 0 aliphatic carbocycles. The summed E-state index contributed by atoms with van der Waals surface area (Å²) in [5.74, 6) is 0.785. The second kappa shape index (κ2) is 9.53. The van der Waals surface area contributed by atoms with E-state index in [1.54, 1.807) is 17.6 Å². The molecule has 0 spiro atoms. The molecule has 1 atom stereocenters. The predicted molar refractivity (Wildman–Crippen MR) is 110 cm³/mol. The number of nitrogens with one attached hydrogen (secondary N) is 1. The van der Waals surface area contributed by atoms with E-state index >= 15 is 0 Å². The first-order valence-corrected chi connectivity index (χ1v) is 10.1. The van der Waals surface area contributed by atoms with E-state index in [4.69, 9.17) is 4.42 Å². The number of hydrogen-bond acceptors (Lipinski definition) is 4. The van der Waals surface area contributed by atoms with Gasteiger partial charge in [0, 0.05) is 22.8 Å². The number of benzene rings is 1. The molecule has 2 heterocycles. The van der Waals surface area contributed by atoms with Gasteiger partial charge in [-0.1, -0.05) is 30.3 Å². The second-order valence-electron chi connectivity index (χ2n) is 6.76. The predicted octanol–water partition coefficient (Wildman–Crippen LogP) is 4.57. The van der Waals surface area contributed by atoms with Crippen LogP contribution in [-0.4, -0.2) is 23.9 Å². The molecule has 0 aliphatic rings. The molecule has 3 rings (SSSR count). The van der Waals surface area contributed by atoms with Crippen LogP contribution in [0.2, 0.25) is 0 Å². The first-order chi connectivity index (χ1) is 13.1. The zero-order valence-corrected chi connectivity index (χ0v) is 16.7. The van der Waals surface area contributed by atoms with E-state index in [0.717, 1.165) is 25.3 Å². The van der Waals surface area contributed by atoms with Crippen LogP contribution in [0.1, 0.15) is 34.0 Å². The molecule has 1 amide bonds. The zero-order chi connectivity index (χ0) is 19.1. The summed E-state index contributed by atoms with van der Waals surface area (Å²) in [5, 5.41) is 3.03. The maximum absolute atomic E-state index is 12.6. The van der Waals surface area contributed by atoms with Crippen molar-refractivity contribution in [1.29, 1.82) is 0 Å². The largest absolute Gasteiger partial charge is 0.467 e. The monoisotopic (exact) mass is 382 g/mol. The van der Waals surface area contributed by atoms with Crippen molar-refractivity contribution in [3.05, 3.63) is 81.9 Å². The number of amides is 1. The minimum absolute atomic E-state index is 0.0141. The van der Waals surface area contributed by atoms with Crippen molar-refractivity contribution in [3.63, 3.8) is 0 Å². The molecular formula is C22H26N2O2S. The van der Waals surface area contributed by atoms with Crippen molar-refractivity contribution in [3.8, 4) is 0 Å². The normalized spacial score (nSPS) is 12.3. The van der Waals surface area contributed by atoms with E-state index in [-0.39, 0.29) is 11.9 Å². The highest BCUT2D eigenvalue weighted by molar-refractivity contribution is 7.11. The van der Waals surface area contributed by atoms with Gasteiger partial charge in [-0.15, -0.1) is 11.3 Å². The van der Waals surface area contributed by atoms with Gasteiger partial charge in [-0.25, -0.2) is 0 Å². The summed E-state index contributed by atoms with van der Waals surface area (Å²) in [7, 11) is 0. The minimum atomic E-state index is -0.132. The molecule has 5 heteroatoms. The standard InChI is InChI=1S/C22H26N2O2S/c1-17-10-11-20(27-17)15-24(13-12-19-7-4-3-5-8-19)16-22(25)23-18(2)21-9-6-14-26-21/h3-11,14,18H,12-13,15-16H2,1-2H3,(H,23,25). The molecule has 142 valence electrons. The van der Waals surface area contributed by atoms with E-state index in [1.807, 2.05) is 25.1 Å². The van der Waals surface area contributed by atoms with E-state index < -0.39 is 0 Å². The topological polar surface area (TPSA) is 45.5 Å².